The molecule has 0 atom stereocenters. The standard InChI is InChI=1S/C14H14N4O/c1-2-17-13-12(7-5-9-16-13)18(14(17)19)10-11-6-3-4-8-15-11/h3-9H,2,10H2,1H3. The maximum absolute atomic E-state index is 12.4. The van der Waals surface area contributed by atoms with Crippen molar-refractivity contribution in [3.63, 3.8) is 0 Å². The van der Waals surface area contributed by atoms with Gasteiger partial charge in [0.15, 0.2) is 5.65 Å². The Kier molecular flexibility index (Phi) is 2.87. The van der Waals surface area contributed by atoms with Gasteiger partial charge in [0.1, 0.15) is 0 Å². The van der Waals surface area contributed by atoms with Crippen LogP contribution in [0.25, 0.3) is 11.2 Å². The predicted octanol–water partition coefficient (Wildman–Crippen LogP) is 1.66. The van der Waals surface area contributed by atoms with Crippen molar-refractivity contribution >= 4 is 11.2 Å². The third-order valence-corrected chi connectivity index (χ3v) is 3.14. The Labute approximate surface area is 110 Å². The highest BCUT2D eigenvalue weighted by Crippen LogP contribution is 2.11. The van der Waals surface area contributed by atoms with E-state index in [1.807, 2.05) is 37.3 Å². The maximum Gasteiger partial charge on any atom is 0.330 e. The van der Waals surface area contributed by atoms with Gasteiger partial charge in [-0.2, -0.15) is 0 Å². The lowest BCUT2D eigenvalue weighted by atomic mass is 10.3. The number of aryl methyl sites for hydroxylation is 1. The summed E-state index contributed by atoms with van der Waals surface area (Å²) in [6.45, 7) is 3.02. The minimum atomic E-state index is -0.0400. The molecule has 0 saturated carbocycles. The molecule has 96 valence electrons. The second-order valence-electron chi connectivity index (χ2n) is 4.28. The molecular weight excluding hydrogens is 240 g/mol. The predicted molar refractivity (Wildman–Crippen MR) is 73.0 cm³/mol. The molecule has 3 aromatic rings. The number of rotatable bonds is 3. The summed E-state index contributed by atoms with van der Waals surface area (Å²) in [6.07, 6.45) is 3.44. The number of imidazole rings is 1. The first-order valence-electron chi connectivity index (χ1n) is 6.25. The first-order valence-corrected chi connectivity index (χ1v) is 6.25. The first-order chi connectivity index (χ1) is 9.31. The zero-order valence-electron chi connectivity index (χ0n) is 10.7. The average molecular weight is 254 g/mol. The normalized spacial score (nSPS) is 11.0. The van der Waals surface area contributed by atoms with E-state index in [9.17, 15) is 4.79 Å². The zero-order valence-corrected chi connectivity index (χ0v) is 10.7. The van der Waals surface area contributed by atoms with Crippen LogP contribution in [0, 0.1) is 0 Å². The zero-order chi connectivity index (χ0) is 13.2. The summed E-state index contributed by atoms with van der Waals surface area (Å²) in [7, 11) is 0. The molecule has 0 saturated heterocycles. The van der Waals surface area contributed by atoms with Crippen LogP contribution in [0.5, 0.6) is 0 Å². The van der Waals surface area contributed by atoms with Crippen LogP contribution in [0.2, 0.25) is 0 Å². The number of nitrogens with zero attached hydrogens (tertiary/aromatic N) is 4. The van der Waals surface area contributed by atoms with Crippen LogP contribution in [0.15, 0.2) is 47.5 Å². The summed E-state index contributed by atoms with van der Waals surface area (Å²) in [5.74, 6) is 0. The van der Waals surface area contributed by atoms with Gasteiger partial charge in [-0.05, 0) is 31.2 Å². The number of hydrogen-bond donors (Lipinski definition) is 0. The van der Waals surface area contributed by atoms with Crippen molar-refractivity contribution < 1.29 is 0 Å². The maximum atomic E-state index is 12.4. The summed E-state index contributed by atoms with van der Waals surface area (Å²) in [5, 5.41) is 0. The molecule has 0 bridgehead atoms. The van der Waals surface area contributed by atoms with Crippen LogP contribution in [0.4, 0.5) is 0 Å². The van der Waals surface area contributed by atoms with E-state index in [1.165, 1.54) is 0 Å². The van der Waals surface area contributed by atoms with E-state index in [1.54, 1.807) is 21.5 Å². The summed E-state index contributed by atoms with van der Waals surface area (Å²) < 4.78 is 3.40. The van der Waals surface area contributed by atoms with Crippen molar-refractivity contribution in [3.8, 4) is 0 Å². The Morgan fingerprint density at radius 3 is 2.63 bits per heavy atom. The van der Waals surface area contributed by atoms with E-state index >= 15 is 0 Å². The van der Waals surface area contributed by atoms with Crippen molar-refractivity contribution in [2.75, 3.05) is 0 Å². The lowest BCUT2D eigenvalue weighted by molar-refractivity contribution is 0.675. The second kappa shape index (κ2) is 4.68. The molecule has 0 aromatic carbocycles. The molecule has 0 N–H and O–H groups in total. The molecule has 0 aliphatic heterocycles. The van der Waals surface area contributed by atoms with Gasteiger partial charge in [-0.3, -0.25) is 14.1 Å². The quantitative estimate of drug-likeness (QED) is 0.714. The topological polar surface area (TPSA) is 52.7 Å². The van der Waals surface area contributed by atoms with E-state index in [4.69, 9.17) is 0 Å². The fourth-order valence-electron chi connectivity index (χ4n) is 2.24. The van der Waals surface area contributed by atoms with Gasteiger partial charge < -0.3 is 0 Å². The van der Waals surface area contributed by atoms with Gasteiger partial charge in [0, 0.05) is 18.9 Å². The summed E-state index contributed by atoms with van der Waals surface area (Å²) in [4.78, 5) is 20.9. The largest absolute Gasteiger partial charge is 0.330 e. The van der Waals surface area contributed by atoms with Crippen molar-refractivity contribution in [1.29, 1.82) is 0 Å². The monoisotopic (exact) mass is 254 g/mol. The van der Waals surface area contributed by atoms with Gasteiger partial charge in [0.25, 0.3) is 0 Å². The van der Waals surface area contributed by atoms with E-state index in [0.717, 1.165) is 16.9 Å². The molecule has 5 heteroatoms. The first kappa shape index (κ1) is 11.6. The fraction of sp³-hybridized carbons (Fsp3) is 0.214. The Morgan fingerprint density at radius 1 is 1.05 bits per heavy atom. The van der Waals surface area contributed by atoms with Crippen LogP contribution in [0.1, 0.15) is 12.6 Å². The summed E-state index contributed by atoms with van der Waals surface area (Å²) in [6, 6.07) is 9.46. The minimum absolute atomic E-state index is 0.0400. The van der Waals surface area contributed by atoms with Gasteiger partial charge in [-0.1, -0.05) is 6.07 Å². The molecule has 3 aromatic heterocycles. The van der Waals surface area contributed by atoms with Crippen LogP contribution >= 0.6 is 0 Å². The molecule has 0 aliphatic rings. The summed E-state index contributed by atoms with van der Waals surface area (Å²) in [5.41, 5.74) is 2.40. The van der Waals surface area contributed by atoms with Gasteiger partial charge in [-0.15, -0.1) is 0 Å². The van der Waals surface area contributed by atoms with E-state index in [0.29, 0.717) is 13.1 Å². The van der Waals surface area contributed by atoms with Gasteiger partial charge in [0.2, 0.25) is 0 Å². The smallest absolute Gasteiger partial charge is 0.284 e. The Bertz CT molecular complexity index is 758. The Hall–Kier alpha value is -2.43. The van der Waals surface area contributed by atoms with Gasteiger partial charge in [-0.25, -0.2) is 9.78 Å². The third-order valence-electron chi connectivity index (χ3n) is 3.14. The average Bonchev–Trinajstić information content (AvgIpc) is 2.73. The van der Waals surface area contributed by atoms with E-state index < -0.39 is 0 Å². The SMILES string of the molecule is CCn1c(=O)n(Cc2ccccn2)c2cccnc21. The Balaban J connectivity index is 2.19. The molecule has 3 rings (SSSR count). The third kappa shape index (κ3) is 1.93. The molecule has 0 radical (unpaired) electrons. The lowest BCUT2D eigenvalue weighted by Crippen LogP contribution is -2.24. The summed E-state index contributed by atoms with van der Waals surface area (Å²) >= 11 is 0. The van der Waals surface area contributed by atoms with Crippen molar-refractivity contribution in [2.24, 2.45) is 0 Å². The number of fused-ring (bicyclic) bond motifs is 1. The molecule has 19 heavy (non-hydrogen) atoms. The Morgan fingerprint density at radius 2 is 1.89 bits per heavy atom. The van der Waals surface area contributed by atoms with E-state index in [-0.39, 0.29) is 5.69 Å². The van der Waals surface area contributed by atoms with Crippen molar-refractivity contribution in [2.45, 2.75) is 20.0 Å². The van der Waals surface area contributed by atoms with Crippen LogP contribution in [-0.4, -0.2) is 19.1 Å². The number of aromatic nitrogens is 4. The molecule has 0 aliphatic carbocycles. The molecule has 0 unspecified atom stereocenters. The van der Waals surface area contributed by atoms with Crippen LogP contribution in [-0.2, 0) is 13.1 Å². The second-order valence-corrected chi connectivity index (χ2v) is 4.28. The highest BCUT2D eigenvalue weighted by molar-refractivity contribution is 5.71. The van der Waals surface area contributed by atoms with Gasteiger partial charge in [0.05, 0.1) is 17.8 Å². The number of hydrogen-bond acceptors (Lipinski definition) is 3. The van der Waals surface area contributed by atoms with Crippen LogP contribution < -0.4 is 5.69 Å². The molecule has 0 amide bonds. The fourth-order valence-corrected chi connectivity index (χ4v) is 2.24. The van der Waals surface area contributed by atoms with E-state index in [2.05, 4.69) is 9.97 Å². The number of pyridine rings is 2. The molecule has 5 nitrogen and oxygen atoms in total. The molecule has 3 heterocycles. The minimum Gasteiger partial charge on any atom is -0.284 e. The van der Waals surface area contributed by atoms with Crippen molar-refractivity contribution in [3.05, 3.63) is 58.9 Å². The highest BCUT2D eigenvalue weighted by Gasteiger charge is 2.12. The lowest BCUT2D eigenvalue weighted by Gasteiger charge is -2.01. The molecular formula is C14H14N4O. The van der Waals surface area contributed by atoms with Crippen LogP contribution in [0.3, 0.4) is 0 Å². The van der Waals surface area contributed by atoms with Crippen molar-refractivity contribution in [1.82, 2.24) is 19.1 Å². The molecule has 0 fully saturated rings. The highest BCUT2D eigenvalue weighted by atomic mass is 16.1. The van der Waals surface area contributed by atoms with Gasteiger partial charge >= 0.3 is 5.69 Å². The molecule has 0 spiro atoms.